The van der Waals surface area contributed by atoms with Crippen LogP contribution in [0.25, 0.3) is 0 Å². The lowest BCUT2D eigenvalue weighted by Gasteiger charge is -2.27. The molecule has 59 heavy (non-hydrogen) atoms. The Balaban J connectivity index is 3.70. The fourth-order valence-corrected chi connectivity index (χ4v) is 8.22. The number of aliphatic hydroxyl groups is 4. The van der Waals surface area contributed by atoms with Crippen LogP contribution in [0, 0.1) is 0 Å². The Morgan fingerprint density at radius 1 is 0.407 bits per heavy atom. The number of hydrogen-bond acceptors (Lipinski definition) is 5. The summed E-state index contributed by atoms with van der Waals surface area (Å²) in [6.45, 7) is 4.07. The van der Waals surface area contributed by atoms with Gasteiger partial charge >= 0.3 is 0 Å². The van der Waals surface area contributed by atoms with Gasteiger partial charge in [-0.25, -0.2) is 0 Å². The van der Waals surface area contributed by atoms with Gasteiger partial charge in [-0.05, 0) is 64.2 Å². The van der Waals surface area contributed by atoms with E-state index in [0.717, 1.165) is 44.9 Å². The Labute approximate surface area is 367 Å². The highest BCUT2D eigenvalue weighted by atomic mass is 16.3. The second-order valence-corrected chi connectivity index (χ2v) is 18.2. The summed E-state index contributed by atoms with van der Waals surface area (Å²) in [7, 11) is 0. The van der Waals surface area contributed by atoms with Crippen LogP contribution in [0.15, 0.2) is 24.3 Å². The Morgan fingerprint density at radius 3 is 1.02 bits per heavy atom. The number of allylic oxidation sites excluding steroid dienone is 4. The van der Waals surface area contributed by atoms with Gasteiger partial charge in [-0.2, -0.15) is 0 Å². The molecule has 0 aromatic rings. The Hall–Kier alpha value is -1.21. The molecule has 0 aliphatic heterocycles. The van der Waals surface area contributed by atoms with E-state index >= 15 is 0 Å². The van der Waals surface area contributed by atoms with Crippen LogP contribution >= 0.6 is 0 Å². The zero-order chi connectivity index (χ0) is 43.1. The summed E-state index contributed by atoms with van der Waals surface area (Å²) >= 11 is 0. The molecule has 0 radical (unpaired) electrons. The van der Waals surface area contributed by atoms with Crippen molar-refractivity contribution in [2.45, 2.75) is 301 Å². The largest absolute Gasteiger partial charge is 0.394 e. The number of nitrogens with one attached hydrogen (secondary N) is 1. The van der Waals surface area contributed by atoms with Gasteiger partial charge in [0.1, 0.15) is 12.2 Å². The summed E-state index contributed by atoms with van der Waals surface area (Å²) in [5, 5.41) is 43.9. The van der Waals surface area contributed by atoms with E-state index < -0.39 is 36.9 Å². The lowest BCUT2D eigenvalue weighted by molar-refractivity contribution is -0.132. The Kier molecular flexibility index (Phi) is 46.9. The number of unbranched alkanes of at least 4 members (excludes halogenated alkanes) is 35. The number of carbonyl (C=O) groups excluding carboxylic acids is 1. The van der Waals surface area contributed by atoms with Gasteiger partial charge in [0.15, 0.2) is 0 Å². The molecule has 4 atom stereocenters. The molecule has 0 spiro atoms. The van der Waals surface area contributed by atoms with Crippen molar-refractivity contribution in [1.82, 2.24) is 5.32 Å². The predicted molar refractivity (Wildman–Crippen MR) is 256 cm³/mol. The minimum atomic E-state index is -1.28. The Morgan fingerprint density at radius 2 is 0.695 bits per heavy atom. The fourth-order valence-electron chi connectivity index (χ4n) is 8.22. The maximum Gasteiger partial charge on any atom is 0.249 e. The third-order valence-electron chi connectivity index (χ3n) is 12.4. The van der Waals surface area contributed by atoms with Crippen LogP contribution in [-0.4, -0.2) is 57.3 Å². The summed E-state index contributed by atoms with van der Waals surface area (Å²) in [5.74, 6) is -0.595. The van der Waals surface area contributed by atoms with E-state index in [-0.39, 0.29) is 0 Å². The summed E-state index contributed by atoms with van der Waals surface area (Å²) in [5.41, 5.74) is 0. The molecule has 5 N–H and O–H groups in total. The number of rotatable bonds is 48. The average molecular weight is 834 g/mol. The monoisotopic (exact) mass is 834 g/mol. The minimum absolute atomic E-state index is 0.357. The molecule has 0 aromatic heterocycles. The summed E-state index contributed by atoms with van der Waals surface area (Å²) in [4.78, 5) is 12.6. The third kappa shape index (κ3) is 41.9. The third-order valence-corrected chi connectivity index (χ3v) is 12.4. The van der Waals surface area contributed by atoms with E-state index in [4.69, 9.17) is 0 Å². The normalized spacial score (nSPS) is 14.1. The molecular weight excluding hydrogens is 731 g/mol. The molecule has 0 aliphatic rings. The summed E-state index contributed by atoms with van der Waals surface area (Å²) < 4.78 is 0. The van der Waals surface area contributed by atoms with Gasteiger partial charge in [-0.3, -0.25) is 4.79 Å². The van der Waals surface area contributed by atoms with E-state index in [2.05, 4.69) is 43.5 Å². The van der Waals surface area contributed by atoms with Gasteiger partial charge in [-0.15, -0.1) is 0 Å². The Bertz CT molecular complexity index is 893. The van der Waals surface area contributed by atoms with Crippen LogP contribution < -0.4 is 5.32 Å². The first-order chi connectivity index (χ1) is 29.0. The van der Waals surface area contributed by atoms with Gasteiger partial charge in [-0.1, -0.05) is 237 Å². The SMILES string of the molecule is CCCCCCCCCCCCC/C=C\CCCCCCCCC(O)C(=O)NC(CO)C(O)C(O)CCC/C=C/CCCCCCCCCCCCCCCCCCC. The maximum atomic E-state index is 12.6. The second-order valence-electron chi connectivity index (χ2n) is 18.2. The van der Waals surface area contributed by atoms with Crippen LogP contribution in [0.2, 0.25) is 0 Å². The van der Waals surface area contributed by atoms with Gasteiger partial charge in [0.05, 0.1) is 18.8 Å². The standard InChI is InChI=1S/C53H103NO5/c1-3-5-7-9-11-13-15-17-19-21-23-25-27-28-30-32-34-36-38-40-42-44-46-50(56)52(58)49(48-55)54-53(59)51(57)47-45-43-41-39-37-35-33-31-29-26-24-22-20-18-16-14-12-10-8-6-4-2/h29,31,38,40,49-52,55-58H,3-28,30,32-37,39,41-48H2,1-2H3,(H,54,59)/b31-29-,40-38+. The van der Waals surface area contributed by atoms with Gasteiger partial charge in [0.2, 0.25) is 5.91 Å². The number of aliphatic hydroxyl groups excluding tert-OH is 4. The first-order valence-electron chi connectivity index (χ1n) is 26.2. The van der Waals surface area contributed by atoms with Crippen molar-refractivity contribution in [3.8, 4) is 0 Å². The van der Waals surface area contributed by atoms with Gasteiger partial charge in [0, 0.05) is 0 Å². The lowest BCUT2D eigenvalue weighted by atomic mass is 10.00. The van der Waals surface area contributed by atoms with Crippen molar-refractivity contribution >= 4 is 5.91 Å². The molecule has 0 rings (SSSR count). The highest BCUT2D eigenvalue weighted by molar-refractivity contribution is 5.80. The molecule has 0 saturated heterocycles. The molecule has 1 amide bonds. The topological polar surface area (TPSA) is 110 Å². The lowest BCUT2D eigenvalue weighted by Crippen LogP contribution is -2.53. The molecule has 0 aromatic carbocycles. The second kappa shape index (κ2) is 47.8. The van der Waals surface area contributed by atoms with Crippen LogP contribution in [0.5, 0.6) is 0 Å². The molecule has 0 saturated carbocycles. The van der Waals surface area contributed by atoms with E-state index in [1.807, 2.05) is 0 Å². The molecule has 0 fully saturated rings. The molecule has 0 bridgehead atoms. The molecular formula is C53H103NO5. The number of amides is 1. The molecule has 350 valence electrons. The molecule has 0 aliphatic carbocycles. The average Bonchev–Trinajstić information content (AvgIpc) is 3.24. The van der Waals surface area contributed by atoms with E-state index in [1.54, 1.807) is 0 Å². The summed E-state index contributed by atoms with van der Waals surface area (Å²) in [6.07, 6.45) is 56.6. The summed E-state index contributed by atoms with van der Waals surface area (Å²) in [6, 6.07) is -1.00. The van der Waals surface area contributed by atoms with Crippen LogP contribution in [0.1, 0.15) is 277 Å². The van der Waals surface area contributed by atoms with Crippen molar-refractivity contribution < 1.29 is 25.2 Å². The molecule has 0 heterocycles. The van der Waals surface area contributed by atoms with Crippen molar-refractivity contribution in [3.63, 3.8) is 0 Å². The van der Waals surface area contributed by atoms with Crippen LogP contribution in [0.4, 0.5) is 0 Å². The quantitative estimate of drug-likeness (QED) is 0.0310. The highest BCUT2D eigenvalue weighted by Gasteiger charge is 2.28. The van der Waals surface area contributed by atoms with Crippen molar-refractivity contribution in [3.05, 3.63) is 24.3 Å². The molecule has 6 heteroatoms. The van der Waals surface area contributed by atoms with E-state index in [1.165, 1.54) is 205 Å². The predicted octanol–water partition coefficient (Wildman–Crippen LogP) is 14.7. The zero-order valence-electron chi connectivity index (χ0n) is 39.5. The van der Waals surface area contributed by atoms with Crippen molar-refractivity contribution in [1.29, 1.82) is 0 Å². The molecule has 6 nitrogen and oxygen atoms in total. The highest BCUT2D eigenvalue weighted by Crippen LogP contribution is 2.17. The fraction of sp³-hybridized carbons (Fsp3) is 0.906. The van der Waals surface area contributed by atoms with Crippen molar-refractivity contribution in [2.75, 3.05) is 6.61 Å². The zero-order valence-corrected chi connectivity index (χ0v) is 39.5. The van der Waals surface area contributed by atoms with Crippen LogP contribution in [0.3, 0.4) is 0 Å². The number of carbonyl (C=O) groups is 1. The van der Waals surface area contributed by atoms with E-state index in [9.17, 15) is 25.2 Å². The number of hydrogen-bond donors (Lipinski definition) is 5. The van der Waals surface area contributed by atoms with Gasteiger partial charge < -0.3 is 25.7 Å². The maximum absolute atomic E-state index is 12.6. The van der Waals surface area contributed by atoms with Crippen LogP contribution in [-0.2, 0) is 4.79 Å². The van der Waals surface area contributed by atoms with Gasteiger partial charge in [0.25, 0.3) is 0 Å². The first-order valence-corrected chi connectivity index (χ1v) is 26.2. The molecule has 4 unspecified atom stereocenters. The smallest absolute Gasteiger partial charge is 0.249 e. The van der Waals surface area contributed by atoms with Crippen molar-refractivity contribution in [2.24, 2.45) is 0 Å². The first kappa shape index (κ1) is 57.8. The minimum Gasteiger partial charge on any atom is -0.394 e. The van der Waals surface area contributed by atoms with E-state index in [0.29, 0.717) is 12.8 Å².